The van der Waals surface area contributed by atoms with Crippen LogP contribution in [-0.4, -0.2) is 70.6 Å². The number of hydrogen-bond acceptors (Lipinski definition) is 11. The molecule has 44 heavy (non-hydrogen) atoms. The first kappa shape index (κ1) is 31.8. The van der Waals surface area contributed by atoms with Gasteiger partial charge in [-0.2, -0.15) is 0 Å². The Morgan fingerprint density at radius 3 is 2.41 bits per heavy atom. The molecule has 2 amide bonds. The second-order valence-corrected chi connectivity index (χ2v) is 14.3. The minimum absolute atomic E-state index is 0.230. The number of ether oxygens (including phenoxy) is 1. The van der Waals surface area contributed by atoms with E-state index in [1.54, 1.807) is 0 Å². The number of nitrogens with zero attached hydrogens (tertiary/aromatic N) is 4. The molecule has 2 aromatic carbocycles. The summed E-state index contributed by atoms with van der Waals surface area (Å²) in [5, 5.41) is 24.5. The fourth-order valence-electron chi connectivity index (χ4n) is 4.75. The van der Waals surface area contributed by atoms with Crippen molar-refractivity contribution in [1.82, 2.24) is 19.8 Å². The molecule has 3 unspecified atom stereocenters. The molecule has 1 fully saturated rings. The van der Waals surface area contributed by atoms with Crippen LogP contribution < -0.4 is 5.32 Å². The number of oxime groups is 1. The Labute approximate surface area is 272 Å². The summed E-state index contributed by atoms with van der Waals surface area (Å²) in [6.45, 7) is 1.86. The molecule has 5 rings (SSSR count). The van der Waals surface area contributed by atoms with Gasteiger partial charge < -0.3 is 15.3 Å². The number of amides is 2. The lowest BCUT2D eigenvalue weighted by molar-refractivity contribution is -0.144. The predicted molar refractivity (Wildman–Crippen MR) is 173 cm³/mol. The normalized spacial score (nSPS) is 19.9. The zero-order chi connectivity index (χ0) is 31.2. The summed E-state index contributed by atoms with van der Waals surface area (Å²) in [6, 6.07) is 17.2. The van der Waals surface area contributed by atoms with Crippen LogP contribution in [0.25, 0.3) is 0 Å². The maximum Gasteiger partial charge on any atom is 0.381 e. The number of halogens is 1. The summed E-state index contributed by atoms with van der Waals surface area (Å²) in [7, 11) is -1.42. The predicted octanol–water partition coefficient (Wildman–Crippen LogP) is 5.02. The Hall–Kier alpha value is -3.66. The number of fused-ring (bicyclic) bond motifs is 1. The van der Waals surface area contributed by atoms with E-state index in [4.69, 9.17) is 4.74 Å². The van der Waals surface area contributed by atoms with Crippen molar-refractivity contribution in [2.24, 2.45) is 5.16 Å². The number of allylic oxidation sites excluding steroid dienone is 1. The van der Waals surface area contributed by atoms with Crippen LogP contribution in [0, 0.1) is 6.92 Å². The van der Waals surface area contributed by atoms with E-state index in [0.29, 0.717) is 17.7 Å². The molecule has 0 aliphatic carbocycles. The molecule has 3 aromatic rings. The second-order valence-electron chi connectivity index (χ2n) is 9.55. The molecule has 0 spiro atoms. The molecule has 0 bridgehead atoms. The molecule has 1 saturated heterocycles. The number of alkyl halides is 1. The number of β-lactam (4-membered cyclic amide) rings is 1. The fourth-order valence-corrected chi connectivity index (χ4v) is 8.79. The van der Waals surface area contributed by atoms with Crippen molar-refractivity contribution in [1.29, 1.82) is 0 Å². The highest BCUT2D eigenvalue weighted by Crippen LogP contribution is 2.44. The van der Waals surface area contributed by atoms with Crippen LogP contribution in [-0.2, 0) is 19.1 Å². The van der Waals surface area contributed by atoms with Crippen molar-refractivity contribution in [3.8, 4) is 0 Å². The first-order chi connectivity index (χ1) is 21.3. The quantitative estimate of drug-likeness (QED) is 0.0282. The van der Waals surface area contributed by atoms with Gasteiger partial charge >= 0.3 is 5.30 Å². The molecule has 0 radical (unpaired) electrons. The second kappa shape index (κ2) is 14.4. The average molecular weight is 717 g/mol. The molecular formula is C29H26BrN5O6S3. The van der Waals surface area contributed by atoms with Gasteiger partial charge in [-0.05, 0) is 42.4 Å². The molecule has 2 N–H and O–H groups in total. The van der Waals surface area contributed by atoms with E-state index in [2.05, 4.69) is 36.6 Å². The third-order valence-corrected chi connectivity index (χ3v) is 11.1. The van der Waals surface area contributed by atoms with Gasteiger partial charge in [0.15, 0.2) is 10.4 Å². The molecule has 0 saturated carbocycles. The lowest BCUT2D eigenvalue weighted by Crippen LogP contribution is -2.70. The Morgan fingerprint density at radius 1 is 1.18 bits per heavy atom. The number of ketones is 1. The maximum atomic E-state index is 14.1. The van der Waals surface area contributed by atoms with Crippen molar-refractivity contribution in [3.63, 3.8) is 0 Å². The number of carbonyl (C=O) groups excluding carboxylic acids is 4. The lowest BCUT2D eigenvalue weighted by Gasteiger charge is -2.50. The number of benzene rings is 2. The highest BCUT2D eigenvalue weighted by atomic mass is 79.9. The summed E-state index contributed by atoms with van der Waals surface area (Å²) in [6.07, 6.45) is 2.00. The number of thioether (sulfide) groups is 1. The van der Waals surface area contributed by atoms with Crippen LogP contribution in [0.3, 0.4) is 0 Å². The highest BCUT2D eigenvalue weighted by Gasteiger charge is 2.54. The van der Waals surface area contributed by atoms with E-state index in [9.17, 15) is 24.4 Å². The minimum Gasteiger partial charge on any atom is -0.444 e. The summed E-state index contributed by atoms with van der Waals surface area (Å²) in [4.78, 5) is 53.0. The van der Waals surface area contributed by atoms with Crippen LogP contribution >= 0.6 is 49.7 Å². The van der Waals surface area contributed by atoms with E-state index >= 15 is 0 Å². The number of hydrogen-bond donors (Lipinski definition) is 2. The first-order valence-corrected chi connectivity index (χ1v) is 17.3. The van der Waals surface area contributed by atoms with Crippen LogP contribution in [0.2, 0.25) is 0 Å². The number of nitrogens with one attached hydrogen (secondary N) is 1. The molecule has 2 aliphatic heterocycles. The van der Waals surface area contributed by atoms with Crippen LogP contribution in [0.4, 0.5) is 4.79 Å². The Bertz CT molecular complexity index is 1620. The third kappa shape index (κ3) is 6.85. The van der Waals surface area contributed by atoms with Gasteiger partial charge in [0.05, 0.1) is 11.4 Å². The average Bonchev–Trinajstić information content (AvgIpc) is 3.47. The summed E-state index contributed by atoms with van der Waals surface area (Å²) in [5.41, 5.74) is 0.835. The molecule has 15 heteroatoms. The van der Waals surface area contributed by atoms with Crippen LogP contribution in [0.1, 0.15) is 35.1 Å². The third-order valence-electron chi connectivity index (χ3n) is 6.79. The summed E-state index contributed by atoms with van der Waals surface area (Å²) < 4.78 is 8.38. The van der Waals surface area contributed by atoms with Crippen LogP contribution in [0.15, 0.2) is 81.6 Å². The topological polar surface area (TPSA) is 151 Å². The zero-order valence-corrected chi connectivity index (χ0v) is 27.2. The number of aryl methyl sites for hydroxylation is 1. The zero-order valence-electron chi connectivity index (χ0n) is 23.2. The van der Waals surface area contributed by atoms with E-state index in [0.717, 1.165) is 20.5 Å². The van der Waals surface area contributed by atoms with E-state index in [-0.39, 0.29) is 5.33 Å². The molecule has 3 atom stereocenters. The molecule has 2 aliphatic rings. The maximum absolute atomic E-state index is 14.1. The fraction of sp³-hybridized carbons (Fsp3) is 0.241. The van der Waals surface area contributed by atoms with Gasteiger partial charge in [-0.3, -0.25) is 18.7 Å². The van der Waals surface area contributed by atoms with Crippen molar-refractivity contribution >= 4 is 83.2 Å². The van der Waals surface area contributed by atoms with Crippen molar-refractivity contribution in [2.75, 3.05) is 5.33 Å². The summed E-state index contributed by atoms with van der Waals surface area (Å²) >= 11 is 5.75. The smallest absolute Gasteiger partial charge is 0.381 e. The lowest BCUT2D eigenvalue weighted by atomic mass is 9.93. The monoisotopic (exact) mass is 715 g/mol. The molecule has 3 heterocycles. The van der Waals surface area contributed by atoms with Crippen LogP contribution in [0.5, 0.6) is 0 Å². The Balaban J connectivity index is 1.45. The standard InChI is InChI=1S/C29H26BrN5O6S3/c1-17-32-33-28(43-17)42-15-14-20-12-13-21-23(31-26(37)24(34-40)22(36)16-30)27(38)35(21)44(20)29(39)41-25(18-8-4-2-5-9-18)19-10-6-3-7-11-19/h2-11,14-15,21,23,25,40H,12-13,16H2,1H3,(H,31,37). The first-order valence-electron chi connectivity index (χ1n) is 13.3. The van der Waals surface area contributed by atoms with Gasteiger partial charge in [0, 0.05) is 15.5 Å². The van der Waals surface area contributed by atoms with Crippen molar-refractivity contribution in [2.45, 2.75) is 42.3 Å². The molecule has 228 valence electrons. The number of rotatable bonds is 10. The highest BCUT2D eigenvalue weighted by molar-refractivity contribution is 9.09. The molecular weight excluding hydrogens is 690 g/mol. The van der Waals surface area contributed by atoms with Crippen molar-refractivity contribution < 1.29 is 29.1 Å². The van der Waals surface area contributed by atoms with Gasteiger partial charge in [-0.15, -0.1) is 10.2 Å². The number of carbonyl (C=O) groups is 4. The van der Waals surface area contributed by atoms with Gasteiger partial charge in [0.25, 0.3) is 11.8 Å². The minimum atomic E-state index is -1.42. The SMILES string of the molecule is Cc1nnc(SC=CC2=S(C(=O)OC(c3ccccc3)c3ccccc3)N3C(=O)C(NC(=O)C(=NO)C(=O)CBr)C3CC2)s1. The Kier molecular flexibility index (Phi) is 10.4. The van der Waals surface area contributed by atoms with Gasteiger partial charge in [-0.25, -0.2) is 4.79 Å². The van der Waals surface area contributed by atoms with E-state index in [1.165, 1.54) is 27.4 Å². The summed E-state index contributed by atoms with van der Waals surface area (Å²) in [5.74, 6) is -2.21. The number of Topliss-reactive ketones (excluding diaryl/α,β-unsaturated/α-hetero) is 1. The van der Waals surface area contributed by atoms with Gasteiger partial charge in [0.1, 0.15) is 11.0 Å². The Morgan fingerprint density at radius 2 is 1.84 bits per heavy atom. The van der Waals surface area contributed by atoms with Gasteiger partial charge in [-0.1, -0.05) is 105 Å². The van der Waals surface area contributed by atoms with E-state index in [1.807, 2.05) is 79.1 Å². The molecule has 1 aromatic heterocycles. The van der Waals surface area contributed by atoms with Gasteiger partial charge in [0.2, 0.25) is 11.5 Å². The largest absolute Gasteiger partial charge is 0.444 e. The molecule has 11 nitrogen and oxygen atoms in total. The number of aromatic nitrogens is 2. The van der Waals surface area contributed by atoms with E-state index < -0.39 is 57.5 Å². The van der Waals surface area contributed by atoms with Crippen molar-refractivity contribution in [3.05, 3.63) is 88.3 Å².